The molecule has 0 aliphatic carbocycles. The van der Waals surface area contributed by atoms with Gasteiger partial charge >= 0.3 is 6.61 Å². The number of ether oxygens (including phenoxy) is 2. The summed E-state index contributed by atoms with van der Waals surface area (Å²) < 4.78 is 48.2. The molecule has 0 heterocycles. The summed E-state index contributed by atoms with van der Waals surface area (Å²) in [6.07, 6.45) is 0. The Morgan fingerprint density at radius 3 is 2.48 bits per heavy atom. The van der Waals surface area contributed by atoms with Crippen LogP contribution in [-0.4, -0.2) is 26.7 Å². The maximum atomic E-state index is 13.7. The van der Waals surface area contributed by atoms with E-state index < -0.39 is 6.61 Å². The minimum absolute atomic E-state index is 0. The molecule has 0 spiro atoms. The van der Waals surface area contributed by atoms with Crippen molar-refractivity contribution in [2.75, 3.05) is 14.2 Å². The standard InChI is InChI=1S/C19H21ClF3N3O2.HI/c1-24-19(25-9-12-3-5-16(21)14(7-12)11-27-2)26-10-13-8-15(20)4-6-17(13)28-18(22)23;/h3-8,18H,9-11H2,1-2H3,(H2,24,25,26);1H. The maximum Gasteiger partial charge on any atom is 0.387 e. The fraction of sp³-hybridized carbons (Fsp3) is 0.316. The second-order valence-electron chi connectivity index (χ2n) is 5.77. The van der Waals surface area contributed by atoms with E-state index in [4.69, 9.17) is 16.3 Å². The lowest BCUT2D eigenvalue weighted by molar-refractivity contribution is -0.0504. The predicted octanol–water partition coefficient (Wildman–Crippen LogP) is 4.71. The molecule has 2 N–H and O–H groups in total. The van der Waals surface area contributed by atoms with Crippen LogP contribution in [0.2, 0.25) is 5.02 Å². The lowest BCUT2D eigenvalue weighted by Crippen LogP contribution is -2.36. The van der Waals surface area contributed by atoms with E-state index in [9.17, 15) is 13.2 Å². The van der Waals surface area contributed by atoms with E-state index in [0.29, 0.717) is 28.7 Å². The first-order chi connectivity index (χ1) is 13.4. The van der Waals surface area contributed by atoms with Gasteiger partial charge in [-0.25, -0.2) is 4.39 Å². The molecular weight excluding hydrogens is 522 g/mol. The van der Waals surface area contributed by atoms with E-state index >= 15 is 0 Å². The summed E-state index contributed by atoms with van der Waals surface area (Å²) in [6, 6.07) is 9.13. The van der Waals surface area contributed by atoms with Crippen molar-refractivity contribution < 1.29 is 22.6 Å². The van der Waals surface area contributed by atoms with E-state index in [0.717, 1.165) is 5.56 Å². The average Bonchev–Trinajstić information content (AvgIpc) is 2.66. The minimum atomic E-state index is -2.93. The van der Waals surface area contributed by atoms with Gasteiger partial charge in [-0.15, -0.1) is 24.0 Å². The van der Waals surface area contributed by atoms with Gasteiger partial charge in [-0.1, -0.05) is 17.7 Å². The predicted molar refractivity (Wildman–Crippen MR) is 118 cm³/mol. The highest BCUT2D eigenvalue weighted by Gasteiger charge is 2.11. The van der Waals surface area contributed by atoms with Crippen molar-refractivity contribution in [3.8, 4) is 5.75 Å². The maximum absolute atomic E-state index is 13.7. The third-order valence-electron chi connectivity index (χ3n) is 3.78. The van der Waals surface area contributed by atoms with Gasteiger partial charge in [0.2, 0.25) is 0 Å². The molecule has 0 aromatic heterocycles. The first kappa shape index (κ1) is 25.3. The molecule has 10 heteroatoms. The van der Waals surface area contributed by atoms with Crippen LogP contribution in [0.5, 0.6) is 5.75 Å². The zero-order valence-electron chi connectivity index (χ0n) is 15.8. The molecule has 0 saturated carbocycles. The van der Waals surface area contributed by atoms with Gasteiger partial charge in [0.25, 0.3) is 0 Å². The van der Waals surface area contributed by atoms with Crippen LogP contribution in [0.4, 0.5) is 13.2 Å². The van der Waals surface area contributed by atoms with Crippen LogP contribution in [0.15, 0.2) is 41.4 Å². The minimum Gasteiger partial charge on any atom is -0.434 e. The smallest absolute Gasteiger partial charge is 0.387 e. The van der Waals surface area contributed by atoms with Gasteiger partial charge in [-0.2, -0.15) is 8.78 Å². The number of methoxy groups -OCH3 is 1. The van der Waals surface area contributed by atoms with Crippen LogP contribution in [0, 0.1) is 5.82 Å². The lowest BCUT2D eigenvalue weighted by atomic mass is 10.1. The molecule has 0 unspecified atom stereocenters. The summed E-state index contributed by atoms with van der Waals surface area (Å²) in [7, 11) is 3.07. The van der Waals surface area contributed by atoms with Crippen LogP contribution < -0.4 is 15.4 Å². The number of benzene rings is 2. The van der Waals surface area contributed by atoms with Crippen LogP contribution in [-0.2, 0) is 24.4 Å². The van der Waals surface area contributed by atoms with E-state index in [1.165, 1.54) is 31.4 Å². The molecular formula is C19H22ClF3IN3O2. The highest BCUT2D eigenvalue weighted by atomic mass is 127. The van der Waals surface area contributed by atoms with Crippen molar-refractivity contribution in [2.24, 2.45) is 4.99 Å². The highest BCUT2D eigenvalue weighted by molar-refractivity contribution is 14.0. The number of guanidine groups is 1. The summed E-state index contributed by atoms with van der Waals surface area (Å²) >= 11 is 5.94. The Bertz CT molecular complexity index is 825. The van der Waals surface area contributed by atoms with Gasteiger partial charge in [0.1, 0.15) is 11.6 Å². The van der Waals surface area contributed by atoms with Gasteiger partial charge in [0, 0.05) is 43.4 Å². The zero-order chi connectivity index (χ0) is 20.5. The molecule has 0 fully saturated rings. The third kappa shape index (κ3) is 8.27. The Morgan fingerprint density at radius 2 is 1.83 bits per heavy atom. The molecule has 0 amide bonds. The van der Waals surface area contributed by atoms with E-state index in [1.807, 2.05) is 0 Å². The Kier molecular flexibility index (Phi) is 11.1. The number of nitrogens with one attached hydrogen (secondary N) is 2. The largest absolute Gasteiger partial charge is 0.434 e. The van der Waals surface area contributed by atoms with Crippen LogP contribution in [0.25, 0.3) is 0 Å². The molecule has 5 nitrogen and oxygen atoms in total. The molecule has 2 aromatic rings. The molecule has 0 aliphatic heterocycles. The number of halogens is 5. The molecule has 0 atom stereocenters. The fourth-order valence-electron chi connectivity index (χ4n) is 2.49. The van der Waals surface area contributed by atoms with E-state index in [2.05, 4.69) is 20.4 Å². The van der Waals surface area contributed by atoms with Gasteiger partial charge < -0.3 is 20.1 Å². The number of aliphatic imine (C=N–C) groups is 1. The molecule has 0 saturated heterocycles. The molecule has 0 bridgehead atoms. The number of hydrogen-bond donors (Lipinski definition) is 2. The Labute approximate surface area is 189 Å². The summed E-state index contributed by atoms with van der Waals surface area (Å²) in [5.74, 6) is 0.131. The summed E-state index contributed by atoms with van der Waals surface area (Å²) in [6.45, 7) is -2.21. The third-order valence-corrected chi connectivity index (χ3v) is 4.01. The monoisotopic (exact) mass is 543 g/mol. The Morgan fingerprint density at radius 1 is 1.10 bits per heavy atom. The van der Waals surface area contributed by atoms with Gasteiger partial charge in [-0.05, 0) is 35.9 Å². The SMILES string of the molecule is CN=C(NCc1ccc(F)c(COC)c1)NCc1cc(Cl)ccc1OC(F)F.I. The summed E-state index contributed by atoms with van der Waals surface area (Å²) in [4.78, 5) is 4.08. The number of nitrogens with zero attached hydrogens (tertiary/aromatic N) is 1. The van der Waals surface area contributed by atoms with Crippen molar-refractivity contribution >= 4 is 41.5 Å². The first-order valence-corrected chi connectivity index (χ1v) is 8.74. The molecule has 0 radical (unpaired) electrons. The summed E-state index contributed by atoms with van der Waals surface area (Å²) in [5.41, 5.74) is 1.75. The quantitative estimate of drug-likeness (QED) is 0.288. The normalized spacial score (nSPS) is 11.2. The highest BCUT2D eigenvalue weighted by Crippen LogP contribution is 2.24. The van der Waals surface area contributed by atoms with E-state index in [1.54, 1.807) is 19.2 Å². The van der Waals surface area contributed by atoms with Crippen molar-refractivity contribution in [1.29, 1.82) is 0 Å². The number of rotatable bonds is 8. The number of alkyl halides is 2. The number of hydrogen-bond acceptors (Lipinski definition) is 3. The second-order valence-corrected chi connectivity index (χ2v) is 6.21. The zero-order valence-corrected chi connectivity index (χ0v) is 18.9. The van der Waals surface area contributed by atoms with Crippen LogP contribution in [0.3, 0.4) is 0 Å². The first-order valence-electron chi connectivity index (χ1n) is 8.37. The van der Waals surface area contributed by atoms with Crippen molar-refractivity contribution in [3.05, 3.63) is 63.9 Å². The molecule has 0 aliphatic rings. The van der Waals surface area contributed by atoms with Crippen LogP contribution in [0.1, 0.15) is 16.7 Å². The van der Waals surface area contributed by atoms with E-state index in [-0.39, 0.29) is 48.7 Å². The lowest BCUT2D eigenvalue weighted by Gasteiger charge is -2.15. The summed E-state index contributed by atoms with van der Waals surface area (Å²) in [5, 5.41) is 6.48. The van der Waals surface area contributed by atoms with Gasteiger partial charge in [-0.3, -0.25) is 4.99 Å². The van der Waals surface area contributed by atoms with Crippen molar-refractivity contribution in [2.45, 2.75) is 26.3 Å². The second kappa shape index (κ2) is 12.8. The van der Waals surface area contributed by atoms with Crippen molar-refractivity contribution in [3.63, 3.8) is 0 Å². The molecule has 160 valence electrons. The topological polar surface area (TPSA) is 54.9 Å². The fourth-order valence-corrected chi connectivity index (χ4v) is 2.68. The van der Waals surface area contributed by atoms with Gasteiger partial charge in [0.05, 0.1) is 6.61 Å². The Hall–Kier alpha value is -1.72. The molecule has 29 heavy (non-hydrogen) atoms. The van der Waals surface area contributed by atoms with Crippen molar-refractivity contribution in [1.82, 2.24) is 10.6 Å². The Balaban J connectivity index is 0.00000420. The average molecular weight is 544 g/mol. The van der Waals surface area contributed by atoms with Gasteiger partial charge in [0.15, 0.2) is 5.96 Å². The molecule has 2 rings (SSSR count). The van der Waals surface area contributed by atoms with Crippen LogP contribution >= 0.6 is 35.6 Å². The molecule has 2 aromatic carbocycles.